The van der Waals surface area contributed by atoms with Crippen LogP contribution in [-0.4, -0.2) is 40.1 Å². The maximum atomic E-state index is 13.3. The molecule has 2 aliphatic heterocycles. The molecule has 3 heterocycles. The van der Waals surface area contributed by atoms with Gasteiger partial charge < -0.3 is 23.8 Å². The maximum Gasteiger partial charge on any atom is 0.251 e. The molecule has 35 heavy (non-hydrogen) atoms. The molecule has 5 rings (SSSR count). The van der Waals surface area contributed by atoms with Gasteiger partial charge in [-0.3, -0.25) is 4.79 Å². The van der Waals surface area contributed by atoms with Gasteiger partial charge in [-0.1, -0.05) is 24.3 Å². The van der Waals surface area contributed by atoms with Crippen molar-refractivity contribution in [1.82, 2.24) is 20.3 Å². The molecule has 8 nitrogen and oxygen atoms in total. The Morgan fingerprint density at radius 2 is 1.83 bits per heavy atom. The van der Waals surface area contributed by atoms with E-state index < -0.39 is 0 Å². The van der Waals surface area contributed by atoms with Crippen molar-refractivity contribution < 1.29 is 18.7 Å². The summed E-state index contributed by atoms with van der Waals surface area (Å²) in [4.78, 5) is 19.8. The number of aromatic nitrogens is 1. The van der Waals surface area contributed by atoms with Gasteiger partial charge in [-0.05, 0) is 57.0 Å². The van der Waals surface area contributed by atoms with E-state index in [0.717, 1.165) is 28.3 Å². The standard InChI is InChI=1S/C27H30N4O4/c1-4-33-20-12-10-19(11-13-20)22-16-24-27(32)30(14-15-31(24)29-22)17-23-18(3)35-26(28-23)21-8-6-7-9-25(21)34-5-2/h6-15,22,24,29H,4-5,16-17H2,1-3H3. The number of ether oxygens (including phenoxy) is 2. The minimum Gasteiger partial charge on any atom is -0.494 e. The molecule has 1 amide bonds. The number of nitrogens with zero attached hydrogens (tertiary/aromatic N) is 3. The summed E-state index contributed by atoms with van der Waals surface area (Å²) in [7, 11) is 0. The molecular formula is C27H30N4O4. The van der Waals surface area contributed by atoms with Gasteiger partial charge in [0.25, 0.3) is 5.91 Å². The first kappa shape index (κ1) is 23.0. The Balaban J connectivity index is 1.29. The molecule has 2 atom stereocenters. The Labute approximate surface area is 205 Å². The molecule has 1 N–H and O–H groups in total. The molecule has 2 unspecified atom stereocenters. The molecular weight excluding hydrogens is 444 g/mol. The van der Waals surface area contributed by atoms with Gasteiger partial charge in [-0.2, -0.15) is 0 Å². The van der Waals surface area contributed by atoms with E-state index in [1.807, 2.05) is 80.5 Å². The lowest BCUT2D eigenvalue weighted by atomic mass is 10.0. The fourth-order valence-electron chi connectivity index (χ4n) is 4.52. The number of amides is 1. The predicted molar refractivity (Wildman–Crippen MR) is 131 cm³/mol. The van der Waals surface area contributed by atoms with Crippen LogP contribution in [0, 0.1) is 6.92 Å². The van der Waals surface area contributed by atoms with E-state index in [1.165, 1.54) is 0 Å². The third-order valence-electron chi connectivity index (χ3n) is 6.30. The highest BCUT2D eigenvalue weighted by molar-refractivity contribution is 5.84. The summed E-state index contributed by atoms with van der Waals surface area (Å²) in [6.07, 6.45) is 4.40. The van der Waals surface area contributed by atoms with E-state index in [0.29, 0.717) is 37.8 Å². The summed E-state index contributed by atoms with van der Waals surface area (Å²) in [5.41, 5.74) is 6.09. The summed E-state index contributed by atoms with van der Waals surface area (Å²) in [5.74, 6) is 2.79. The third kappa shape index (κ3) is 4.61. The Morgan fingerprint density at radius 3 is 2.60 bits per heavy atom. The Bertz CT molecular complexity index is 1220. The highest BCUT2D eigenvalue weighted by Gasteiger charge is 2.40. The number of hydrogen-bond donors (Lipinski definition) is 1. The zero-order chi connectivity index (χ0) is 24.4. The van der Waals surface area contributed by atoms with Gasteiger partial charge in [0.2, 0.25) is 5.89 Å². The molecule has 3 aromatic rings. The van der Waals surface area contributed by atoms with E-state index in [9.17, 15) is 4.79 Å². The summed E-state index contributed by atoms with van der Waals surface area (Å²) < 4.78 is 17.2. The maximum absolute atomic E-state index is 13.3. The van der Waals surface area contributed by atoms with Crippen molar-refractivity contribution in [1.29, 1.82) is 0 Å². The van der Waals surface area contributed by atoms with Gasteiger partial charge in [-0.25, -0.2) is 10.4 Å². The molecule has 2 aromatic carbocycles. The van der Waals surface area contributed by atoms with E-state index >= 15 is 0 Å². The zero-order valence-electron chi connectivity index (χ0n) is 20.2. The van der Waals surface area contributed by atoms with Crippen LogP contribution >= 0.6 is 0 Å². The first-order valence-corrected chi connectivity index (χ1v) is 12.0. The van der Waals surface area contributed by atoms with E-state index in [1.54, 1.807) is 11.1 Å². The van der Waals surface area contributed by atoms with Gasteiger partial charge in [0.05, 0.1) is 31.4 Å². The minimum absolute atomic E-state index is 0.0344. The SMILES string of the molecule is CCOc1ccc(C2CC3C(=O)N(Cc4nc(-c5ccccc5OCC)oc4C)C=CN3N2)cc1. The molecule has 0 saturated carbocycles. The summed E-state index contributed by atoms with van der Waals surface area (Å²) in [5, 5.41) is 1.90. The lowest BCUT2D eigenvalue weighted by Crippen LogP contribution is -2.47. The second kappa shape index (κ2) is 9.84. The van der Waals surface area contributed by atoms with Gasteiger partial charge >= 0.3 is 0 Å². The number of hydrazine groups is 1. The van der Waals surface area contributed by atoms with Crippen LogP contribution in [0.5, 0.6) is 11.5 Å². The second-order valence-electron chi connectivity index (χ2n) is 8.56. The average molecular weight is 475 g/mol. The normalized spacial score (nSPS) is 19.2. The first-order chi connectivity index (χ1) is 17.1. The molecule has 0 radical (unpaired) electrons. The minimum atomic E-state index is -0.276. The third-order valence-corrected chi connectivity index (χ3v) is 6.30. The highest BCUT2D eigenvalue weighted by Crippen LogP contribution is 2.34. The number of benzene rings is 2. The van der Waals surface area contributed by atoms with Crippen LogP contribution in [0.2, 0.25) is 0 Å². The lowest BCUT2D eigenvalue weighted by molar-refractivity contribution is -0.135. The van der Waals surface area contributed by atoms with Crippen molar-refractivity contribution in [3.05, 3.63) is 77.9 Å². The van der Waals surface area contributed by atoms with Crippen molar-refractivity contribution in [2.75, 3.05) is 13.2 Å². The Kier molecular flexibility index (Phi) is 6.46. The Hall–Kier alpha value is -3.78. The molecule has 0 bridgehead atoms. The smallest absolute Gasteiger partial charge is 0.251 e. The van der Waals surface area contributed by atoms with Crippen LogP contribution in [0.1, 0.15) is 43.3 Å². The number of nitrogens with one attached hydrogen (secondary N) is 1. The van der Waals surface area contributed by atoms with Crippen LogP contribution in [-0.2, 0) is 11.3 Å². The van der Waals surface area contributed by atoms with Crippen LogP contribution in [0.25, 0.3) is 11.5 Å². The van der Waals surface area contributed by atoms with Crippen molar-refractivity contribution in [2.24, 2.45) is 0 Å². The molecule has 8 heteroatoms. The quantitative estimate of drug-likeness (QED) is 0.512. The number of oxazole rings is 1. The monoisotopic (exact) mass is 474 g/mol. The number of carbonyl (C=O) groups is 1. The fraction of sp³-hybridized carbons (Fsp3) is 0.333. The van der Waals surface area contributed by atoms with E-state index in [-0.39, 0.29) is 18.0 Å². The van der Waals surface area contributed by atoms with Crippen LogP contribution in [0.3, 0.4) is 0 Å². The van der Waals surface area contributed by atoms with Crippen molar-refractivity contribution in [3.8, 4) is 23.0 Å². The highest BCUT2D eigenvalue weighted by atomic mass is 16.5. The Morgan fingerprint density at radius 1 is 1.06 bits per heavy atom. The van der Waals surface area contributed by atoms with Gasteiger partial charge in [0.1, 0.15) is 29.0 Å². The molecule has 2 aliphatic rings. The second-order valence-corrected chi connectivity index (χ2v) is 8.56. The average Bonchev–Trinajstić information content (AvgIpc) is 3.46. The molecule has 182 valence electrons. The predicted octanol–water partition coefficient (Wildman–Crippen LogP) is 4.58. The number of fused-ring (bicyclic) bond motifs is 1. The first-order valence-electron chi connectivity index (χ1n) is 12.0. The van der Waals surface area contributed by atoms with Crippen LogP contribution in [0.15, 0.2) is 65.3 Å². The number of para-hydroxylation sites is 1. The van der Waals surface area contributed by atoms with Crippen LogP contribution in [0.4, 0.5) is 0 Å². The van der Waals surface area contributed by atoms with E-state index in [2.05, 4.69) is 5.43 Å². The summed E-state index contributed by atoms with van der Waals surface area (Å²) >= 11 is 0. The molecule has 1 fully saturated rings. The number of hydrogen-bond acceptors (Lipinski definition) is 7. The van der Waals surface area contributed by atoms with Crippen LogP contribution < -0.4 is 14.9 Å². The summed E-state index contributed by atoms with van der Waals surface area (Å²) in [6, 6.07) is 15.5. The molecule has 0 aliphatic carbocycles. The largest absolute Gasteiger partial charge is 0.494 e. The fourth-order valence-corrected chi connectivity index (χ4v) is 4.52. The number of aryl methyl sites for hydroxylation is 1. The van der Waals surface area contributed by atoms with Crippen molar-refractivity contribution in [2.45, 2.75) is 45.8 Å². The number of rotatable bonds is 8. The van der Waals surface area contributed by atoms with Gasteiger partial charge in [-0.15, -0.1) is 0 Å². The zero-order valence-corrected chi connectivity index (χ0v) is 20.2. The van der Waals surface area contributed by atoms with Gasteiger partial charge in [0, 0.05) is 12.4 Å². The topological polar surface area (TPSA) is 80.1 Å². The number of carbonyl (C=O) groups excluding carboxylic acids is 1. The van der Waals surface area contributed by atoms with E-state index in [4.69, 9.17) is 18.9 Å². The van der Waals surface area contributed by atoms with Gasteiger partial charge in [0.15, 0.2) is 0 Å². The molecule has 1 aromatic heterocycles. The molecule has 0 spiro atoms. The molecule has 1 saturated heterocycles. The summed E-state index contributed by atoms with van der Waals surface area (Å²) in [6.45, 7) is 7.32. The lowest BCUT2D eigenvalue weighted by Gasteiger charge is -2.31. The van der Waals surface area contributed by atoms with Crippen molar-refractivity contribution in [3.63, 3.8) is 0 Å². The van der Waals surface area contributed by atoms with Crippen molar-refractivity contribution >= 4 is 5.91 Å².